The Hall–Kier alpha value is -3.95. The monoisotopic (exact) mass is 441 g/mol. The van der Waals surface area contributed by atoms with Gasteiger partial charge in [-0.2, -0.15) is 22.5 Å². The number of tetrazole rings is 1. The van der Waals surface area contributed by atoms with Crippen LogP contribution in [-0.2, 0) is 19.8 Å². The average Bonchev–Trinajstić information content (AvgIpc) is 3.10. The Balaban J connectivity index is 1.67. The van der Waals surface area contributed by atoms with Gasteiger partial charge in [0.05, 0.1) is 16.9 Å². The molecule has 0 bridgehead atoms. The van der Waals surface area contributed by atoms with Crippen LogP contribution in [0.4, 0.5) is 13.2 Å². The molecule has 0 unspecified atom stereocenters. The summed E-state index contributed by atoms with van der Waals surface area (Å²) >= 11 is 0. The molecule has 0 spiro atoms. The van der Waals surface area contributed by atoms with Gasteiger partial charge < -0.3 is 4.74 Å². The summed E-state index contributed by atoms with van der Waals surface area (Å²) in [4.78, 5) is 16.5. The van der Waals surface area contributed by atoms with Crippen LogP contribution in [0.25, 0.3) is 16.9 Å². The number of para-hydroxylation sites is 1. The first kappa shape index (κ1) is 21.3. The Morgan fingerprint density at radius 3 is 2.47 bits per heavy atom. The lowest BCUT2D eigenvalue weighted by molar-refractivity contribution is -0.139. The van der Waals surface area contributed by atoms with Gasteiger partial charge >= 0.3 is 11.9 Å². The van der Waals surface area contributed by atoms with Crippen LogP contribution >= 0.6 is 0 Å². The highest BCUT2D eigenvalue weighted by molar-refractivity contribution is 5.62. The minimum absolute atomic E-state index is 0.204. The number of rotatable bonds is 5. The van der Waals surface area contributed by atoms with E-state index in [-0.39, 0.29) is 12.4 Å². The largest absolute Gasteiger partial charge is 0.488 e. The number of nitrogens with zero attached hydrogens (tertiary/aromatic N) is 5. The molecule has 32 heavy (non-hydrogen) atoms. The van der Waals surface area contributed by atoms with Crippen molar-refractivity contribution >= 4 is 0 Å². The molecule has 0 aliphatic carbocycles. The summed E-state index contributed by atoms with van der Waals surface area (Å²) in [6.07, 6.45) is -4.63. The van der Waals surface area contributed by atoms with E-state index < -0.39 is 17.4 Å². The molecule has 4 aromatic rings. The Morgan fingerprint density at radius 1 is 1.00 bits per heavy atom. The predicted molar refractivity (Wildman–Crippen MR) is 110 cm³/mol. The van der Waals surface area contributed by atoms with Gasteiger partial charge in [0.1, 0.15) is 12.4 Å². The van der Waals surface area contributed by atoms with Gasteiger partial charge in [-0.25, -0.2) is 4.79 Å². The SMILES string of the molecule is Cc1cccc(-c2ccc(OCc3ccccc3-n3nnn(C)c3=O)c(C(F)(F)F)c2)n1. The smallest absolute Gasteiger partial charge is 0.419 e. The standard InChI is InChI=1S/C22H18F3N5O2/c1-14-6-5-8-18(26-14)15-10-11-20(17(12-15)22(23,24)25)32-13-16-7-3-4-9-19(16)30-21(31)29(2)27-28-30/h3-12H,13H2,1-2H3. The third-order valence-corrected chi connectivity index (χ3v) is 4.79. The second kappa shape index (κ2) is 8.29. The predicted octanol–water partition coefficient (Wildman–Crippen LogP) is 3.93. The van der Waals surface area contributed by atoms with E-state index in [4.69, 9.17) is 4.74 Å². The average molecular weight is 441 g/mol. The highest BCUT2D eigenvalue weighted by atomic mass is 19.4. The van der Waals surface area contributed by atoms with E-state index in [0.29, 0.717) is 28.2 Å². The lowest BCUT2D eigenvalue weighted by atomic mass is 10.1. The molecule has 164 valence electrons. The molecule has 0 fully saturated rings. The fraction of sp³-hybridized carbons (Fsp3) is 0.182. The summed E-state index contributed by atoms with van der Waals surface area (Å²) in [5, 5.41) is 7.45. The maximum Gasteiger partial charge on any atom is 0.419 e. The van der Waals surface area contributed by atoms with E-state index in [0.717, 1.165) is 15.4 Å². The van der Waals surface area contributed by atoms with Gasteiger partial charge in [0, 0.05) is 23.9 Å². The second-order valence-electron chi connectivity index (χ2n) is 7.09. The van der Waals surface area contributed by atoms with Gasteiger partial charge in [-0.05, 0) is 53.7 Å². The zero-order valence-corrected chi connectivity index (χ0v) is 17.2. The number of alkyl halides is 3. The Bertz CT molecular complexity index is 1330. The van der Waals surface area contributed by atoms with Crippen molar-refractivity contribution in [1.82, 2.24) is 24.8 Å². The number of ether oxygens (including phenoxy) is 1. The first-order valence-corrected chi connectivity index (χ1v) is 9.59. The van der Waals surface area contributed by atoms with Gasteiger partial charge in [0.15, 0.2) is 0 Å². The number of benzene rings is 2. The van der Waals surface area contributed by atoms with Crippen LogP contribution in [-0.4, -0.2) is 24.8 Å². The summed E-state index contributed by atoms with van der Waals surface area (Å²) in [6, 6.07) is 15.6. The normalized spacial score (nSPS) is 11.5. The fourth-order valence-electron chi connectivity index (χ4n) is 3.20. The topological polar surface area (TPSA) is 74.8 Å². The van der Waals surface area contributed by atoms with Crippen molar-refractivity contribution in [3.8, 4) is 22.7 Å². The van der Waals surface area contributed by atoms with Crippen molar-refractivity contribution in [3.05, 3.63) is 88.0 Å². The number of pyridine rings is 1. The molecule has 0 atom stereocenters. The van der Waals surface area contributed by atoms with Crippen molar-refractivity contribution in [2.45, 2.75) is 19.7 Å². The van der Waals surface area contributed by atoms with Crippen LogP contribution in [0.15, 0.2) is 65.5 Å². The number of aromatic nitrogens is 5. The van der Waals surface area contributed by atoms with Crippen LogP contribution in [0.1, 0.15) is 16.8 Å². The Kier molecular flexibility index (Phi) is 5.52. The molecule has 7 nitrogen and oxygen atoms in total. The summed E-state index contributed by atoms with van der Waals surface area (Å²) in [6.45, 7) is 1.57. The van der Waals surface area contributed by atoms with Crippen molar-refractivity contribution in [2.75, 3.05) is 0 Å². The molecule has 0 amide bonds. The van der Waals surface area contributed by atoms with Gasteiger partial charge in [-0.3, -0.25) is 4.98 Å². The number of aryl methyl sites for hydroxylation is 2. The molecule has 0 radical (unpaired) electrons. The summed E-state index contributed by atoms with van der Waals surface area (Å²) in [5.41, 5.74) is 0.935. The molecule has 0 saturated carbocycles. The number of hydrogen-bond acceptors (Lipinski definition) is 5. The van der Waals surface area contributed by atoms with E-state index >= 15 is 0 Å². The number of hydrogen-bond donors (Lipinski definition) is 0. The lowest BCUT2D eigenvalue weighted by Crippen LogP contribution is -2.23. The van der Waals surface area contributed by atoms with Crippen molar-refractivity contribution in [3.63, 3.8) is 0 Å². The van der Waals surface area contributed by atoms with E-state index in [1.165, 1.54) is 19.2 Å². The molecule has 2 heterocycles. The van der Waals surface area contributed by atoms with E-state index in [1.807, 2.05) is 0 Å². The van der Waals surface area contributed by atoms with Gasteiger partial charge in [0.2, 0.25) is 0 Å². The van der Waals surface area contributed by atoms with Crippen LogP contribution in [0, 0.1) is 6.92 Å². The quantitative estimate of drug-likeness (QED) is 0.469. The van der Waals surface area contributed by atoms with Gasteiger partial charge in [0.25, 0.3) is 0 Å². The summed E-state index contributed by atoms with van der Waals surface area (Å²) < 4.78 is 49.0. The molecule has 0 aliphatic heterocycles. The zero-order chi connectivity index (χ0) is 22.9. The first-order valence-electron chi connectivity index (χ1n) is 9.59. The van der Waals surface area contributed by atoms with E-state index in [2.05, 4.69) is 15.4 Å². The van der Waals surface area contributed by atoms with E-state index in [9.17, 15) is 18.0 Å². The molecule has 0 saturated heterocycles. The van der Waals surface area contributed by atoms with Crippen molar-refractivity contribution < 1.29 is 17.9 Å². The van der Waals surface area contributed by atoms with Crippen molar-refractivity contribution in [1.29, 1.82) is 0 Å². The molecule has 0 N–H and O–H groups in total. The maximum absolute atomic E-state index is 13.8. The number of halogens is 3. The van der Waals surface area contributed by atoms with Gasteiger partial charge in [-0.15, -0.1) is 0 Å². The van der Waals surface area contributed by atoms with Crippen LogP contribution < -0.4 is 10.4 Å². The Morgan fingerprint density at radius 2 is 1.78 bits per heavy atom. The highest BCUT2D eigenvalue weighted by Crippen LogP contribution is 2.39. The van der Waals surface area contributed by atoms with Crippen molar-refractivity contribution in [2.24, 2.45) is 7.05 Å². The maximum atomic E-state index is 13.8. The minimum atomic E-state index is -4.63. The molecular weight excluding hydrogens is 423 g/mol. The van der Waals surface area contributed by atoms with Gasteiger partial charge in [-0.1, -0.05) is 24.3 Å². The van der Waals surface area contributed by atoms with E-state index in [1.54, 1.807) is 49.4 Å². The molecule has 0 aliphatic rings. The van der Waals surface area contributed by atoms with Crippen LogP contribution in [0.5, 0.6) is 5.75 Å². The van der Waals surface area contributed by atoms with Crippen LogP contribution in [0.2, 0.25) is 0 Å². The first-order chi connectivity index (χ1) is 15.2. The molecule has 10 heteroatoms. The molecule has 2 aromatic heterocycles. The minimum Gasteiger partial charge on any atom is -0.488 e. The van der Waals surface area contributed by atoms with Crippen LogP contribution in [0.3, 0.4) is 0 Å². The Labute approximate surface area is 180 Å². The zero-order valence-electron chi connectivity index (χ0n) is 17.2. The highest BCUT2D eigenvalue weighted by Gasteiger charge is 2.35. The molecular formula is C22H18F3N5O2. The summed E-state index contributed by atoms with van der Waals surface area (Å²) in [5.74, 6) is -0.324. The fourth-order valence-corrected chi connectivity index (χ4v) is 3.20. The second-order valence-corrected chi connectivity index (χ2v) is 7.09. The third-order valence-electron chi connectivity index (χ3n) is 4.79. The summed E-state index contributed by atoms with van der Waals surface area (Å²) in [7, 11) is 1.45. The lowest BCUT2D eigenvalue weighted by Gasteiger charge is -2.16. The molecule has 4 rings (SSSR count). The molecule has 2 aromatic carbocycles. The third kappa shape index (κ3) is 4.25.